The van der Waals surface area contributed by atoms with Crippen LogP contribution in [-0.4, -0.2) is 45.0 Å². The number of likely N-dealkylation sites (N-methyl/N-ethyl adjacent to an activating group) is 1. The van der Waals surface area contributed by atoms with Crippen LogP contribution < -0.4 is 5.56 Å². The zero-order valence-corrected chi connectivity index (χ0v) is 13.4. The minimum Gasteiger partial charge on any atom is -0.481 e. The van der Waals surface area contributed by atoms with Gasteiger partial charge in [0.25, 0.3) is 5.56 Å². The fourth-order valence-electron chi connectivity index (χ4n) is 1.90. The van der Waals surface area contributed by atoms with Crippen LogP contribution in [0.4, 0.5) is 0 Å². The molecule has 0 fully saturated rings. The second kappa shape index (κ2) is 6.69. The molecular formula is C14H14BrN3O4. The average Bonchev–Trinajstić information content (AvgIpc) is 2.48. The Bertz CT molecular complexity index is 787. The van der Waals surface area contributed by atoms with Gasteiger partial charge in [-0.05, 0) is 18.2 Å². The minimum atomic E-state index is -0.978. The lowest BCUT2D eigenvalue weighted by Gasteiger charge is -2.16. The zero-order chi connectivity index (χ0) is 16.3. The molecule has 8 heteroatoms. The van der Waals surface area contributed by atoms with Crippen LogP contribution in [0.5, 0.6) is 0 Å². The van der Waals surface area contributed by atoms with Gasteiger partial charge in [0.2, 0.25) is 5.91 Å². The Balaban J connectivity index is 2.21. The fourth-order valence-corrected chi connectivity index (χ4v) is 2.26. The van der Waals surface area contributed by atoms with E-state index >= 15 is 0 Å². The van der Waals surface area contributed by atoms with E-state index in [4.69, 9.17) is 5.11 Å². The van der Waals surface area contributed by atoms with Gasteiger partial charge < -0.3 is 10.0 Å². The van der Waals surface area contributed by atoms with E-state index in [1.165, 1.54) is 22.8 Å². The maximum atomic E-state index is 12.3. The largest absolute Gasteiger partial charge is 0.481 e. The predicted molar refractivity (Wildman–Crippen MR) is 83.6 cm³/mol. The van der Waals surface area contributed by atoms with Crippen molar-refractivity contribution in [1.29, 1.82) is 0 Å². The number of benzene rings is 1. The molecule has 0 aliphatic rings. The van der Waals surface area contributed by atoms with E-state index in [1.807, 2.05) is 0 Å². The lowest BCUT2D eigenvalue weighted by molar-refractivity contribution is -0.138. The third-order valence-electron chi connectivity index (χ3n) is 3.18. The SMILES string of the molecule is CN(CCC(=O)O)C(=O)Cn1cnc2ccc(Br)cc2c1=O. The Morgan fingerprint density at radius 3 is 2.82 bits per heavy atom. The Kier molecular flexibility index (Phi) is 4.92. The van der Waals surface area contributed by atoms with E-state index in [0.29, 0.717) is 10.9 Å². The predicted octanol–water partition coefficient (Wildman–Crippen LogP) is 1.09. The molecule has 1 aromatic heterocycles. The highest BCUT2D eigenvalue weighted by Gasteiger charge is 2.13. The number of carbonyl (C=O) groups excluding carboxylic acids is 1. The highest BCUT2D eigenvalue weighted by molar-refractivity contribution is 9.10. The molecule has 0 radical (unpaired) electrons. The van der Waals surface area contributed by atoms with Crippen LogP contribution in [-0.2, 0) is 16.1 Å². The van der Waals surface area contributed by atoms with Crippen molar-refractivity contribution in [3.05, 3.63) is 39.4 Å². The lowest BCUT2D eigenvalue weighted by atomic mass is 10.2. The van der Waals surface area contributed by atoms with Crippen molar-refractivity contribution in [3.8, 4) is 0 Å². The van der Waals surface area contributed by atoms with Gasteiger partial charge in [0.15, 0.2) is 0 Å². The quantitative estimate of drug-likeness (QED) is 0.853. The van der Waals surface area contributed by atoms with E-state index in [0.717, 1.165) is 4.47 Å². The molecule has 0 saturated heterocycles. The lowest BCUT2D eigenvalue weighted by Crippen LogP contribution is -2.35. The number of carbonyl (C=O) groups is 2. The van der Waals surface area contributed by atoms with Gasteiger partial charge in [0.05, 0.1) is 23.7 Å². The summed E-state index contributed by atoms with van der Waals surface area (Å²) in [5, 5.41) is 9.03. The molecule has 2 aromatic rings. The van der Waals surface area contributed by atoms with Gasteiger partial charge in [-0.25, -0.2) is 4.98 Å². The number of halogens is 1. The molecule has 1 N–H and O–H groups in total. The Labute approximate surface area is 134 Å². The molecule has 1 aromatic carbocycles. The number of aliphatic carboxylic acids is 1. The van der Waals surface area contributed by atoms with E-state index in [9.17, 15) is 14.4 Å². The third kappa shape index (κ3) is 3.70. The van der Waals surface area contributed by atoms with Crippen molar-refractivity contribution in [1.82, 2.24) is 14.5 Å². The molecule has 22 heavy (non-hydrogen) atoms. The van der Waals surface area contributed by atoms with Gasteiger partial charge >= 0.3 is 5.97 Å². The molecule has 0 aliphatic carbocycles. The monoisotopic (exact) mass is 367 g/mol. The van der Waals surface area contributed by atoms with Gasteiger partial charge in [-0.3, -0.25) is 19.0 Å². The molecule has 0 saturated carbocycles. The number of fused-ring (bicyclic) bond motifs is 1. The molecule has 2 rings (SSSR count). The molecule has 7 nitrogen and oxygen atoms in total. The maximum absolute atomic E-state index is 12.3. The van der Waals surface area contributed by atoms with Crippen LogP contribution in [0, 0.1) is 0 Å². The zero-order valence-electron chi connectivity index (χ0n) is 11.8. The molecule has 0 bridgehead atoms. The van der Waals surface area contributed by atoms with Crippen molar-refractivity contribution in [2.75, 3.05) is 13.6 Å². The van der Waals surface area contributed by atoms with E-state index < -0.39 is 5.97 Å². The molecule has 1 amide bonds. The first-order valence-electron chi connectivity index (χ1n) is 6.49. The first-order chi connectivity index (χ1) is 10.4. The molecular weight excluding hydrogens is 354 g/mol. The van der Waals surface area contributed by atoms with E-state index in [-0.39, 0.29) is 31.0 Å². The van der Waals surface area contributed by atoms with E-state index in [2.05, 4.69) is 20.9 Å². The number of amides is 1. The first-order valence-corrected chi connectivity index (χ1v) is 7.28. The number of aromatic nitrogens is 2. The molecule has 0 unspecified atom stereocenters. The van der Waals surface area contributed by atoms with Crippen molar-refractivity contribution >= 4 is 38.7 Å². The summed E-state index contributed by atoms with van der Waals surface area (Å²) >= 11 is 3.29. The van der Waals surface area contributed by atoms with Crippen LogP contribution >= 0.6 is 15.9 Å². The maximum Gasteiger partial charge on any atom is 0.305 e. The summed E-state index contributed by atoms with van der Waals surface area (Å²) in [6, 6.07) is 5.15. The van der Waals surface area contributed by atoms with Crippen molar-refractivity contribution < 1.29 is 14.7 Å². The Hall–Kier alpha value is -2.22. The molecule has 0 aliphatic heterocycles. The van der Waals surface area contributed by atoms with Gasteiger partial charge in [0, 0.05) is 18.1 Å². The van der Waals surface area contributed by atoms with Crippen molar-refractivity contribution in [2.24, 2.45) is 0 Å². The molecule has 0 atom stereocenters. The average molecular weight is 368 g/mol. The van der Waals surface area contributed by atoms with Crippen LogP contribution in [0.3, 0.4) is 0 Å². The summed E-state index contributed by atoms with van der Waals surface area (Å²) in [6.07, 6.45) is 1.18. The summed E-state index contributed by atoms with van der Waals surface area (Å²) in [7, 11) is 1.50. The van der Waals surface area contributed by atoms with Crippen LogP contribution in [0.1, 0.15) is 6.42 Å². The standard InChI is InChI=1S/C14H14BrN3O4/c1-17(5-4-13(20)21)12(19)7-18-8-16-11-3-2-9(15)6-10(11)14(18)22/h2-3,6,8H,4-5,7H2,1H3,(H,20,21). The minimum absolute atomic E-state index is 0.0927. The van der Waals surface area contributed by atoms with Crippen molar-refractivity contribution in [3.63, 3.8) is 0 Å². The number of rotatable bonds is 5. The van der Waals surface area contributed by atoms with E-state index in [1.54, 1.807) is 18.2 Å². The molecule has 0 spiro atoms. The summed E-state index contributed by atoms with van der Waals surface area (Å²) in [4.78, 5) is 40.3. The van der Waals surface area contributed by atoms with Crippen LogP contribution in [0.2, 0.25) is 0 Å². The Morgan fingerprint density at radius 2 is 2.14 bits per heavy atom. The fraction of sp³-hybridized carbons (Fsp3) is 0.286. The normalized spacial score (nSPS) is 10.6. The topological polar surface area (TPSA) is 92.5 Å². The smallest absolute Gasteiger partial charge is 0.305 e. The highest BCUT2D eigenvalue weighted by atomic mass is 79.9. The summed E-state index contributed by atoms with van der Waals surface area (Å²) in [5.41, 5.74) is 0.238. The summed E-state index contributed by atoms with van der Waals surface area (Å²) in [5.74, 6) is -1.33. The number of nitrogens with zero attached hydrogens (tertiary/aromatic N) is 3. The summed E-state index contributed by atoms with van der Waals surface area (Å²) in [6.45, 7) is -0.0835. The molecule has 116 valence electrons. The van der Waals surface area contributed by atoms with Gasteiger partial charge in [-0.2, -0.15) is 0 Å². The number of hydrogen-bond donors (Lipinski definition) is 1. The van der Waals surface area contributed by atoms with Gasteiger partial charge in [-0.15, -0.1) is 0 Å². The molecule has 1 heterocycles. The number of hydrogen-bond acceptors (Lipinski definition) is 4. The second-order valence-electron chi connectivity index (χ2n) is 4.80. The van der Waals surface area contributed by atoms with Gasteiger partial charge in [-0.1, -0.05) is 15.9 Å². The first kappa shape index (κ1) is 16.2. The number of carboxylic acids is 1. The Morgan fingerprint density at radius 1 is 1.41 bits per heavy atom. The second-order valence-corrected chi connectivity index (χ2v) is 5.71. The van der Waals surface area contributed by atoms with Crippen molar-refractivity contribution in [2.45, 2.75) is 13.0 Å². The highest BCUT2D eigenvalue weighted by Crippen LogP contribution is 2.14. The van der Waals surface area contributed by atoms with Crippen LogP contribution in [0.15, 0.2) is 33.8 Å². The number of carboxylic acid groups (broad SMARTS) is 1. The van der Waals surface area contributed by atoms with Gasteiger partial charge in [0.1, 0.15) is 6.54 Å². The summed E-state index contributed by atoms with van der Waals surface area (Å²) < 4.78 is 1.97. The van der Waals surface area contributed by atoms with Crippen LogP contribution in [0.25, 0.3) is 10.9 Å². The third-order valence-corrected chi connectivity index (χ3v) is 3.67.